The van der Waals surface area contributed by atoms with E-state index in [0.29, 0.717) is 0 Å². The topological polar surface area (TPSA) is 0 Å². The predicted octanol–water partition coefficient (Wildman–Crippen LogP) is 3.87. The SMILES string of the molecule is CCCC(C)C1=CC=CC=CC1. The summed E-state index contributed by atoms with van der Waals surface area (Å²) in [5, 5.41) is 0. The van der Waals surface area contributed by atoms with E-state index in [1.165, 1.54) is 12.8 Å². The summed E-state index contributed by atoms with van der Waals surface area (Å²) >= 11 is 0. The van der Waals surface area contributed by atoms with E-state index in [9.17, 15) is 0 Å². The van der Waals surface area contributed by atoms with E-state index in [1.807, 2.05) is 0 Å². The van der Waals surface area contributed by atoms with Gasteiger partial charge in [0.2, 0.25) is 0 Å². The highest BCUT2D eigenvalue weighted by Gasteiger charge is 2.05. The molecule has 0 amide bonds. The fourth-order valence-electron chi connectivity index (χ4n) is 1.58. The minimum atomic E-state index is 0.752. The molecular weight excluding hydrogens is 144 g/mol. The first-order valence-electron chi connectivity index (χ1n) is 4.87. The third kappa shape index (κ3) is 2.69. The Morgan fingerprint density at radius 2 is 2.17 bits per heavy atom. The van der Waals surface area contributed by atoms with Gasteiger partial charge in [-0.25, -0.2) is 0 Å². The maximum absolute atomic E-state index is 2.32. The number of hydrogen-bond donors (Lipinski definition) is 0. The van der Waals surface area contributed by atoms with Crippen molar-refractivity contribution in [3.8, 4) is 0 Å². The summed E-state index contributed by atoms with van der Waals surface area (Å²) in [6, 6.07) is 0. The lowest BCUT2D eigenvalue weighted by Gasteiger charge is -2.12. The van der Waals surface area contributed by atoms with Crippen LogP contribution in [0.3, 0.4) is 0 Å². The van der Waals surface area contributed by atoms with E-state index in [1.54, 1.807) is 5.57 Å². The lowest BCUT2D eigenvalue weighted by atomic mass is 9.94. The van der Waals surface area contributed by atoms with Gasteiger partial charge in [-0.05, 0) is 18.8 Å². The smallest absolute Gasteiger partial charge is 0.0130 e. The van der Waals surface area contributed by atoms with E-state index in [0.717, 1.165) is 12.3 Å². The molecule has 12 heavy (non-hydrogen) atoms. The van der Waals surface area contributed by atoms with Crippen LogP contribution in [0.25, 0.3) is 0 Å². The third-order valence-electron chi connectivity index (χ3n) is 2.38. The van der Waals surface area contributed by atoms with Crippen molar-refractivity contribution in [1.82, 2.24) is 0 Å². The summed E-state index contributed by atoms with van der Waals surface area (Å²) in [5.41, 5.74) is 1.57. The summed E-state index contributed by atoms with van der Waals surface area (Å²) in [6.45, 7) is 4.57. The van der Waals surface area contributed by atoms with E-state index in [4.69, 9.17) is 0 Å². The molecule has 1 rings (SSSR count). The van der Waals surface area contributed by atoms with Crippen LogP contribution < -0.4 is 0 Å². The van der Waals surface area contributed by atoms with Crippen molar-refractivity contribution in [3.05, 3.63) is 36.0 Å². The van der Waals surface area contributed by atoms with Gasteiger partial charge in [-0.15, -0.1) is 0 Å². The van der Waals surface area contributed by atoms with Crippen molar-refractivity contribution in [2.45, 2.75) is 33.1 Å². The molecule has 0 heteroatoms. The Bertz CT molecular complexity index is 206. The van der Waals surface area contributed by atoms with E-state index >= 15 is 0 Å². The zero-order valence-electron chi connectivity index (χ0n) is 8.09. The number of allylic oxidation sites excluding steroid dienone is 6. The fourth-order valence-corrected chi connectivity index (χ4v) is 1.58. The minimum Gasteiger partial charge on any atom is -0.0805 e. The Morgan fingerprint density at radius 1 is 1.33 bits per heavy atom. The molecule has 0 nitrogen and oxygen atoms in total. The standard InChI is InChI=1S/C12H18/c1-3-8-11(2)12-9-6-4-5-7-10-12/h4-7,9,11H,3,8,10H2,1-2H3. The molecule has 0 aromatic carbocycles. The average molecular weight is 162 g/mol. The highest BCUT2D eigenvalue weighted by molar-refractivity contribution is 5.24. The molecule has 0 heterocycles. The quantitative estimate of drug-likeness (QED) is 0.591. The van der Waals surface area contributed by atoms with E-state index in [2.05, 4.69) is 44.2 Å². The summed E-state index contributed by atoms with van der Waals surface area (Å²) in [6.07, 6.45) is 14.6. The van der Waals surface area contributed by atoms with Gasteiger partial charge in [-0.3, -0.25) is 0 Å². The second kappa shape index (κ2) is 4.97. The minimum absolute atomic E-state index is 0.752. The van der Waals surface area contributed by atoms with Gasteiger partial charge in [0.05, 0.1) is 0 Å². The molecule has 0 saturated carbocycles. The maximum Gasteiger partial charge on any atom is -0.0130 e. The maximum atomic E-state index is 2.32. The van der Waals surface area contributed by atoms with Crippen molar-refractivity contribution in [2.24, 2.45) is 5.92 Å². The van der Waals surface area contributed by atoms with Gasteiger partial charge < -0.3 is 0 Å². The molecule has 66 valence electrons. The zero-order valence-corrected chi connectivity index (χ0v) is 8.09. The molecule has 0 aliphatic heterocycles. The van der Waals surface area contributed by atoms with Gasteiger partial charge in [-0.1, -0.05) is 56.2 Å². The van der Waals surface area contributed by atoms with Crippen LogP contribution >= 0.6 is 0 Å². The summed E-state index contributed by atoms with van der Waals surface area (Å²) in [4.78, 5) is 0. The van der Waals surface area contributed by atoms with Crippen molar-refractivity contribution in [2.75, 3.05) is 0 Å². The second-order valence-electron chi connectivity index (χ2n) is 3.45. The van der Waals surface area contributed by atoms with Crippen molar-refractivity contribution >= 4 is 0 Å². The van der Waals surface area contributed by atoms with Gasteiger partial charge in [0, 0.05) is 0 Å². The Kier molecular flexibility index (Phi) is 3.86. The van der Waals surface area contributed by atoms with Gasteiger partial charge in [0.15, 0.2) is 0 Å². The predicted molar refractivity (Wildman–Crippen MR) is 55.1 cm³/mol. The number of rotatable bonds is 3. The Hall–Kier alpha value is -0.780. The van der Waals surface area contributed by atoms with Gasteiger partial charge in [0.25, 0.3) is 0 Å². The molecule has 0 aromatic rings. The normalized spacial score (nSPS) is 18.7. The fraction of sp³-hybridized carbons (Fsp3) is 0.500. The van der Waals surface area contributed by atoms with Crippen LogP contribution in [-0.4, -0.2) is 0 Å². The summed E-state index contributed by atoms with van der Waals surface area (Å²) in [5.74, 6) is 0.752. The van der Waals surface area contributed by atoms with Gasteiger partial charge in [0.1, 0.15) is 0 Å². The Labute approximate surface area is 75.7 Å². The lowest BCUT2D eigenvalue weighted by molar-refractivity contribution is 0.592. The van der Waals surface area contributed by atoms with Crippen LogP contribution in [-0.2, 0) is 0 Å². The molecule has 0 N–H and O–H groups in total. The van der Waals surface area contributed by atoms with Crippen molar-refractivity contribution < 1.29 is 0 Å². The first-order chi connectivity index (χ1) is 5.84. The Morgan fingerprint density at radius 3 is 2.92 bits per heavy atom. The summed E-state index contributed by atoms with van der Waals surface area (Å²) in [7, 11) is 0. The van der Waals surface area contributed by atoms with Crippen LogP contribution in [0.1, 0.15) is 33.1 Å². The van der Waals surface area contributed by atoms with Crippen LogP contribution in [0.5, 0.6) is 0 Å². The molecule has 1 unspecified atom stereocenters. The zero-order chi connectivity index (χ0) is 8.81. The van der Waals surface area contributed by atoms with E-state index < -0.39 is 0 Å². The number of hydrogen-bond acceptors (Lipinski definition) is 0. The average Bonchev–Trinajstić information content (AvgIpc) is 2.32. The first-order valence-corrected chi connectivity index (χ1v) is 4.87. The molecule has 0 spiro atoms. The second-order valence-corrected chi connectivity index (χ2v) is 3.45. The molecule has 0 fully saturated rings. The highest BCUT2D eigenvalue weighted by Crippen LogP contribution is 2.21. The monoisotopic (exact) mass is 162 g/mol. The summed E-state index contributed by atoms with van der Waals surface area (Å²) < 4.78 is 0. The van der Waals surface area contributed by atoms with Crippen LogP contribution in [0, 0.1) is 5.92 Å². The molecule has 1 atom stereocenters. The van der Waals surface area contributed by atoms with Crippen LogP contribution in [0.2, 0.25) is 0 Å². The van der Waals surface area contributed by atoms with Crippen LogP contribution in [0.4, 0.5) is 0 Å². The van der Waals surface area contributed by atoms with Gasteiger partial charge >= 0.3 is 0 Å². The van der Waals surface area contributed by atoms with Crippen molar-refractivity contribution in [1.29, 1.82) is 0 Å². The molecule has 0 bridgehead atoms. The largest absolute Gasteiger partial charge is 0.0805 e. The first kappa shape index (κ1) is 9.31. The molecular formula is C12H18. The Balaban J connectivity index is 2.55. The lowest BCUT2D eigenvalue weighted by Crippen LogP contribution is -1.97. The molecule has 1 aliphatic carbocycles. The molecule has 0 saturated heterocycles. The third-order valence-corrected chi connectivity index (χ3v) is 2.38. The van der Waals surface area contributed by atoms with Crippen molar-refractivity contribution in [3.63, 3.8) is 0 Å². The molecule has 0 radical (unpaired) electrons. The molecule has 1 aliphatic rings. The van der Waals surface area contributed by atoms with E-state index in [-0.39, 0.29) is 0 Å². The molecule has 0 aromatic heterocycles. The van der Waals surface area contributed by atoms with Gasteiger partial charge in [-0.2, -0.15) is 0 Å². The van der Waals surface area contributed by atoms with Crippen LogP contribution in [0.15, 0.2) is 36.0 Å². The highest BCUT2D eigenvalue weighted by atomic mass is 14.1.